The zero-order valence-corrected chi connectivity index (χ0v) is 9.96. The van der Waals surface area contributed by atoms with E-state index in [9.17, 15) is 8.78 Å². The molecule has 6 heteroatoms. The minimum Gasteiger partial charge on any atom is -0.357 e. The highest BCUT2D eigenvalue weighted by Gasteiger charge is 2.06. The number of benzene rings is 1. The van der Waals surface area contributed by atoms with Crippen molar-refractivity contribution < 1.29 is 8.78 Å². The molecule has 0 unspecified atom stereocenters. The third kappa shape index (κ3) is 2.71. The van der Waals surface area contributed by atoms with Crippen LogP contribution in [0.2, 0.25) is 0 Å². The molecule has 0 aliphatic heterocycles. The Morgan fingerprint density at radius 3 is 2.56 bits per heavy atom. The smallest absolute Gasteiger partial charge is 0.224 e. The molecule has 0 spiro atoms. The highest BCUT2D eigenvalue weighted by Crippen LogP contribution is 2.20. The number of hydrogen-bond donors (Lipinski definition) is 2. The second kappa shape index (κ2) is 4.95. The Kier molecular flexibility index (Phi) is 3.36. The van der Waals surface area contributed by atoms with Crippen molar-refractivity contribution >= 4 is 17.5 Å². The molecule has 1 aromatic heterocycles. The summed E-state index contributed by atoms with van der Waals surface area (Å²) in [6, 6.07) is 4.98. The molecule has 0 aliphatic carbocycles. The summed E-state index contributed by atoms with van der Waals surface area (Å²) in [5, 5.41) is 5.58. The number of anilines is 3. The Hall–Kier alpha value is -2.24. The van der Waals surface area contributed by atoms with Gasteiger partial charge in [-0.15, -0.1) is 0 Å². The number of aromatic nitrogens is 2. The van der Waals surface area contributed by atoms with Gasteiger partial charge in [0, 0.05) is 24.9 Å². The molecule has 1 heterocycles. The Balaban J connectivity index is 2.30. The van der Waals surface area contributed by atoms with Gasteiger partial charge in [0.1, 0.15) is 17.5 Å². The van der Waals surface area contributed by atoms with E-state index in [1.54, 1.807) is 20.0 Å². The average Bonchev–Trinajstić information content (AvgIpc) is 2.32. The fourth-order valence-electron chi connectivity index (χ4n) is 1.47. The standard InChI is InChI=1S/C12H12F2N4/c1-7-5-11(18-12(15-2)16-7)17-10-4-3-8(13)6-9(10)14/h3-6H,1-2H3,(H2,15,16,17,18). The van der Waals surface area contributed by atoms with Gasteiger partial charge in [0.15, 0.2) is 0 Å². The van der Waals surface area contributed by atoms with Crippen molar-refractivity contribution in [1.82, 2.24) is 9.97 Å². The second-order valence-corrected chi connectivity index (χ2v) is 3.72. The van der Waals surface area contributed by atoms with Crippen molar-refractivity contribution in [2.24, 2.45) is 0 Å². The lowest BCUT2D eigenvalue weighted by Gasteiger charge is -2.09. The first-order chi connectivity index (χ1) is 8.58. The molecular weight excluding hydrogens is 238 g/mol. The van der Waals surface area contributed by atoms with Crippen molar-refractivity contribution in [2.75, 3.05) is 17.7 Å². The Labute approximate surface area is 103 Å². The fourth-order valence-corrected chi connectivity index (χ4v) is 1.47. The second-order valence-electron chi connectivity index (χ2n) is 3.72. The van der Waals surface area contributed by atoms with Gasteiger partial charge in [0.05, 0.1) is 5.69 Å². The molecule has 0 saturated heterocycles. The topological polar surface area (TPSA) is 49.8 Å². The van der Waals surface area contributed by atoms with Gasteiger partial charge in [-0.3, -0.25) is 0 Å². The van der Waals surface area contributed by atoms with Crippen LogP contribution in [0.4, 0.5) is 26.2 Å². The minimum absolute atomic E-state index is 0.163. The summed E-state index contributed by atoms with van der Waals surface area (Å²) in [6.45, 7) is 1.80. The lowest BCUT2D eigenvalue weighted by Crippen LogP contribution is -2.03. The van der Waals surface area contributed by atoms with E-state index in [0.29, 0.717) is 11.8 Å². The van der Waals surface area contributed by atoms with Gasteiger partial charge >= 0.3 is 0 Å². The van der Waals surface area contributed by atoms with Crippen LogP contribution in [0.1, 0.15) is 5.69 Å². The van der Waals surface area contributed by atoms with E-state index in [1.165, 1.54) is 12.1 Å². The molecule has 0 radical (unpaired) electrons. The fraction of sp³-hybridized carbons (Fsp3) is 0.167. The Bertz CT molecular complexity index is 572. The summed E-state index contributed by atoms with van der Waals surface area (Å²) in [5.74, 6) is -0.414. The highest BCUT2D eigenvalue weighted by molar-refractivity contribution is 5.58. The summed E-state index contributed by atoms with van der Waals surface area (Å²) < 4.78 is 26.2. The first-order valence-corrected chi connectivity index (χ1v) is 5.34. The zero-order valence-electron chi connectivity index (χ0n) is 9.96. The van der Waals surface area contributed by atoms with Crippen LogP contribution in [0.3, 0.4) is 0 Å². The molecule has 0 aliphatic rings. The van der Waals surface area contributed by atoms with E-state index in [0.717, 1.165) is 11.8 Å². The number of nitrogens with zero attached hydrogens (tertiary/aromatic N) is 2. The van der Waals surface area contributed by atoms with Crippen LogP contribution in [0.25, 0.3) is 0 Å². The van der Waals surface area contributed by atoms with Crippen LogP contribution < -0.4 is 10.6 Å². The molecule has 94 valence electrons. The van der Waals surface area contributed by atoms with Crippen LogP contribution in [0.5, 0.6) is 0 Å². The normalized spacial score (nSPS) is 10.2. The van der Waals surface area contributed by atoms with E-state index in [1.807, 2.05) is 0 Å². The lowest BCUT2D eigenvalue weighted by atomic mass is 10.3. The van der Waals surface area contributed by atoms with Gasteiger partial charge in [-0.1, -0.05) is 0 Å². The van der Waals surface area contributed by atoms with Crippen molar-refractivity contribution in [1.29, 1.82) is 0 Å². The monoisotopic (exact) mass is 250 g/mol. The van der Waals surface area contributed by atoms with E-state index >= 15 is 0 Å². The molecule has 2 N–H and O–H groups in total. The predicted octanol–water partition coefficient (Wildman–Crippen LogP) is 2.85. The first-order valence-electron chi connectivity index (χ1n) is 5.34. The van der Waals surface area contributed by atoms with E-state index in [4.69, 9.17) is 0 Å². The molecule has 0 atom stereocenters. The molecule has 4 nitrogen and oxygen atoms in total. The molecule has 0 fully saturated rings. The van der Waals surface area contributed by atoms with Gasteiger partial charge in [0.2, 0.25) is 5.95 Å². The maximum Gasteiger partial charge on any atom is 0.224 e. The zero-order chi connectivity index (χ0) is 13.1. The lowest BCUT2D eigenvalue weighted by molar-refractivity contribution is 0.586. The van der Waals surface area contributed by atoms with Gasteiger partial charge in [-0.2, -0.15) is 4.98 Å². The van der Waals surface area contributed by atoms with E-state index < -0.39 is 11.6 Å². The molecule has 1 aromatic carbocycles. The Morgan fingerprint density at radius 1 is 1.11 bits per heavy atom. The average molecular weight is 250 g/mol. The maximum absolute atomic E-state index is 13.5. The van der Waals surface area contributed by atoms with Crippen LogP contribution in [-0.2, 0) is 0 Å². The summed E-state index contributed by atoms with van der Waals surface area (Å²) in [5.41, 5.74) is 0.899. The number of aryl methyl sites for hydroxylation is 1. The van der Waals surface area contributed by atoms with Crippen LogP contribution >= 0.6 is 0 Å². The largest absolute Gasteiger partial charge is 0.357 e. The molecule has 0 bridgehead atoms. The molecule has 0 saturated carbocycles. The number of nitrogens with one attached hydrogen (secondary N) is 2. The summed E-state index contributed by atoms with van der Waals surface area (Å²) >= 11 is 0. The molecular formula is C12H12F2N4. The van der Waals surface area contributed by atoms with E-state index in [-0.39, 0.29) is 5.69 Å². The predicted molar refractivity (Wildman–Crippen MR) is 66.0 cm³/mol. The van der Waals surface area contributed by atoms with Crippen LogP contribution in [0.15, 0.2) is 24.3 Å². The quantitative estimate of drug-likeness (QED) is 0.879. The molecule has 2 rings (SSSR count). The third-order valence-corrected chi connectivity index (χ3v) is 2.27. The van der Waals surface area contributed by atoms with Crippen LogP contribution in [-0.4, -0.2) is 17.0 Å². The summed E-state index contributed by atoms with van der Waals surface area (Å²) in [7, 11) is 1.69. The molecule has 0 amide bonds. The number of hydrogen-bond acceptors (Lipinski definition) is 4. The number of rotatable bonds is 3. The van der Waals surface area contributed by atoms with E-state index in [2.05, 4.69) is 20.6 Å². The third-order valence-electron chi connectivity index (χ3n) is 2.27. The minimum atomic E-state index is -0.669. The summed E-state index contributed by atoms with van der Waals surface area (Å²) in [6.07, 6.45) is 0. The Morgan fingerprint density at radius 2 is 1.89 bits per heavy atom. The van der Waals surface area contributed by atoms with Crippen molar-refractivity contribution in [3.63, 3.8) is 0 Å². The van der Waals surface area contributed by atoms with Crippen molar-refractivity contribution in [3.05, 3.63) is 41.6 Å². The van der Waals surface area contributed by atoms with Crippen molar-refractivity contribution in [2.45, 2.75) is 6.92 Å². The maximum atomic E-state index is 13.5. The van der Waals surface area contributed by atoms with Gasteiger partial charge < -0.3 is 10.6 Å². The van der Waals surface area contributed by atoms with Crippen LogP contribution in [0, 0.1) is 18.6 Å². The summed E-state index contributed by atoms with van der Waals surface area (Å²) in [4.78, 5) is 8.23. The highest BCUT2D eigenvalue weighted by atomic mass is 19.1. The SMILES string of the molecule is CNc1nc(C)cc(Nc2ccc(F)cc2F)n1. The van der Waals surface area contributed by atoms with Crippen molar-refractivity contribution in [3.8, 4) is 0 Å². The number of halogens is 2. The first kappa shape index (κ1) is 12.2. The molecule has 18 heavy (non-hydrogen) atoms. The van der Waals surface area contributed by atoms with Gasteiger partial charge in [-0.25, -0.2) is 13.8 Å². The van der Waals surface area contributed by atoms with Gasteiger partial charge in [-0.05, 0) is 19.1 Å². The van der Waals surface area contributed by atoms with Gasteiger partial charge in [0.25, 0.3) is 0 Å². The molecule has 2 aromatic rings.